The maximum Gasteiger partial charge on any atom is 0.337 e. The normalized spacial score (nSPS) is 11.0. The zero-order chi connectivity index (χ0) is 17.8. The van der Waals surface area contributed by atoms with E-state index in [-0.39, 0.29) is 10.9 Å². The number of carbonyl (C=O) groups is 2. The Kier molecular flexibility index (Phi) is 4.91. The van der Waals surface area contributed by atoms with Crippen molar-refractivity contribution in [1.82, 2.24) is 4.98 Å². The first kappa shape index (κ1) is 16.9. The molecular weight excluding hydrogens is 338 g/mol. The van der Waals surface area contributed by atoms with Crippen molar-refractivity contribution >= 4 is 40.3 Å². The quantitative estimate of drug-likeness (QED) is 0.299. The number of nitrogens with zero attached hydrogens (tertiary/aromatic N) is 1. The molecule has 0 spiro atoms. The van der Waals surface area contributed by atoms with Gasteiger partial charge in [0.15, 0.2) is 5.78 Å². The van der Waals surface area contributed by atoms with Crippen LogP contribution in [0.15, 0.2) is 60.7 Å². The summed E-state index contributed by atoms with van der Waals surface area (Å²) in [6.45, 7) is 0. The minimum Gasteiger partial charge on any atom is -0.465 e. The largest absolute Gasteiger partial charge is 0.465 e. The molecule has 25 heavy (non-hydrogen) atoms. The van der Waals surface area contributed by atoms with E-state index in [0.717, 1.165) is 16.5 Å². The molecule has 0 radical (unpaired) electrons. The van der Waals surface area contributed by atoms with Gasteiger partial charge in [0.05, 0.1) is 23.8 Å². The number of fused-ring (bicyclic) bond motifs is 1. The first-order chi connectivity index (χ1) is 12.1. The topological polar surface area (TPSA) is 56.3 Å². The Morgan fingerprint density at radius 1 is 1.08 bits per heavy atom. The van der Waals surface area contributed by atoms with Gasteiger partial charge < -0.3 is 4.74 Å². The van der Waals surface area contributed by atoms with Crippen LogP contribution in [0.4, 0.5) is 0 Å². The fourth-order valence-electron chi connectivity index (χ4n) is 2.38. The van der Waals surface area contributed by atoms with Crippen molar-refractivity contribution in [1.29, 1.82) is 0 Å². The van der Waals surface area contributed by atoms with Crippen LogP contribution in [-0.2, 0) is 4.74 Å². The summed E-state index contributed by atoms with van der Waals surface area (Å²) in [6.07, 6.45) is 3.10. The lowest BCUT2D eigenvalue weighted by atomic mass is 10.1. The van der Waals surface area contributed by atoms with Gasteiger partial charge in [0.25, 0.3) is 0 Å². The third-order valence-electron chi connectivity index (χ3n) is 3.70. The number of allylic oxidation sites excluding steroid dienone is 1. The van der Waals surface area contributed by atoms with Gasteiger partial charge in [-0.25, -0.2) is 9.78 Å². The smallest absolute Gasteiger partial charge is 0.337 e. The molecule has 3 aromatic rings. The summed E-state index contributed by atoms with van der Waals surface area (Å²) in [6, 6.07) is 15.9. The number of hydrogen-bond acceptors (Lipinski definition) is 4. The van der Waals surface area contributed by atoms with Gasteiger partial charge >= 0.3 is 5.97 Å². The molecule has 0 N–H and O–H groups in total. The van der Waals surface area contributed by atoms with Crippen LogP contribution in [0, 0.1) is 0 Å². The summed E-state index contributed by atoms with van der Waals surface area (Å²) in [4.78, 5) is 28.1. The maximum atomic E-state index is 12.4. The van der Waals surface area contributed by atoms with Gasteiger partial charge in [-0.15, -0.1) is 0 Å². The highest BCUT2D eigenvalue weighted by Crippen LogP contribution is 2.21. The van der Waals surface area contributed by atoms with Crippen LogP contribution in [-0.4, -0.2) is 23.8 Å². The lowest BCUT2D eigenvalue weighted by Gasteiger charge is -2.03. The molecule has 4 nitrogen and oxygen atoms in total. The molecule has 1 heterocycles. The second-order valence-electron chi connectivity index (χ2n) is 5.33. The molecule has 0 unspecified atom stereocenters. The number of ketones is 1. The number of para-hydroxylation sites is 1. The van der Waals surface area contributed by atoms with Crippen LogP contribution in [0.2, 0.25) is 5.15 Å². The maximum absolute atomic E-state index is 12.4. The molecule has 3 rings (SSSR count). The Hall–Kier alpha value is -2.98. The van der Waals surface area contributed by atoms with Gasteiger partial charge in [-0.3, -0.25) is 4.79 Å². The highest BCUT2D eigenvalue weighted by molar-refractivity contribution is 6.34. The van der Waals surface area contributed by atoms with E-state index in [2.05, 4.69) is 9.72 Å². The first-order valence-electron chi connectivity index (χ1n) is 7.54. The number of rotatable bonds is 4. The lowest BCUT2D eigenvalue weighted by Crippen LogP contribution is -2.00. The molecule has 5 heteroatoms. The molecule has 0 aliphatic heterocycles. The minimum absolute atomic E-state index is 0.175. The average Bonchev–Trinajstić information content (AvgIpc) is 2.65. The first-order valence-corrected chi connectivity index (χ1v) is 7.92. The monoisotopic (exact) mass is 351 g/mol. The molecule has 0 saturated carbocycles. The van der Waals surface area contributed by atoms with Gasteiger partial charge in [-0.2, -0.15) is 0 Å². The average molecular weight is 352 g/mol. The molecular formula is C20H14ClNO3. The molecule has 1 aromatic heterocycles. The van der Waals surface area contributed by atoms with Gasteiger partial charge in [0, 0.05) is 5.39 Å². The standard InChI is InChI=1S/C20H14ClNO3/c1-25-20(24)14-9-6-13(7-10-14)8-11-18(23)16-12-15-4-2-3-5-17(15)22-19(16)21/h2-12H,1H3. The fraction of sp³-hybridized carbons (Fsp3) is 0.0500. The van der Waals surface area contributed by atoms with Crippen molar-refractivity contribution in [2.75, 3.05) is 7.11 Å². The van der Waals surface area contributed by atoms with Crippen LogP contribution in [0.5, 0.6) is 0 Å². The zero-order valence-electron chi connectivity index (χ0n) is 13.4. The number of benzene rings is 2. The molecule has 0 amide bonds. The Morgan fingerprint density at radius 2 is 1.80 bits per heavy atom. The van der Waals surface area contributed by atoms with Crippen molar-refractivity contribution in [3.63, 3.8) is 0 Å². The summed E-state index contributed by atoms with van der Waals surface area (Å²) in [5, 5.41) is 1.03. The third kappa shape index (κ3) is 3.75. The SMILES string of the molecule is COC(=O)c1ccc(C=CC(=O)c2cc3ccccc3nc2Cl)cc1. The number of halogens is 1. The lowest BCUT2D eigenvalue weighted by molar-refractivity contribution is 0.0600. The molecule has 0 aliphatic carbocycles. The second kappa shape index (κ2) is 7.28. The zero-order valence-corrected chi connectivity index (χ0v) is 14.2. The summed E-state index contributed by atoms with van der Waals surface area (Å²) in [7, 11) is 1.33. The van der Waals surface area contributed by atoms with E-state index in [1.54, 1.807) is 36.4 Å². The number of aromatic nitrogens is 1. The number of esters is 1. The fourth-order valence-corrected chi connectivity index (χ4v) is 2.61. The van der Waals surface area contributed by atoms with Gasteiger partial charge in [-0.05, 0) is 35.9 Å². The second-order valence-corrected chi connectivity index (χ2v) is 5.69. The van der Waals surface area contributed by atoms with E-state index in [4.69, 9.17) is 11.6 Å². The van der Waals surface area contributed by atoms with Crippen LogP contribution < -0.4 is 0 Å². The highest BCUT2D eigenvalue weighted by Gasteiger charge is 2.10. The van der Waals surface area contributed by atoms with Crippen LogP contribution in [0.25, 0.3) is 17.0 Å². The minimum atomic E-state index is -0.402. The molecule has 0 fully saturated rings. The summed E-state index contributed by atoms with van der Waals surface area (Å²) < 4.78 is 4.65. The number of hydrogen-bond donors (Lipinski definition) is 0. The Balaban J connectivity index is 1.83. The Bertz CT molecular complexity index is 978. The predicted molar refractivity (Wildman–Crippen MR) is 97.9 cm³/mol. The van der Waals surface area contributed by atoms with Crippen LogP contribution in [0.1, 0.15) is 26.3 Å². The van der Waals surface area contributed by atoms with E-state index >= 15 is 0 Å². The van der Waals surface area contributed by atoms with Crippen molar-refractivity contribution in [3.8, 4) is 0 Å². The molecule has 0 aliphatic rings. The van der Waals surface area contributed by atoms with Crippen molar-refractivity contribution in [2.45, 2.75) is 0 Å². The summed E-state index contributed by atoms with van der Waals surface area (Å²) in [5.41, 5.74) is 2.33. The summed E-state index contributed by atoms with van der Waals surface area (Å²) >= 11 is 6.13. The summed E-state index contributed by atoms with van der Waals surface area (Å²) in [5.74, 6) is -0.638. The van der Waals surface area contributed by atoms with Crippen LogP contribution in [0.3, 0.4) is 0 Å². The van der Waals surface area contributed by atoms with E-state index < -0.39 is 5.97 Å². The van der Waals surface area contributed by atoms with E-state index in [0.29, 0.717) is 11.1 Å². The van der Waals surface area contributed by atoms with Crippen LogP contribution >= 0.6 is 11.6 Å². The van der Waals surface area contributed by atoms with Crippen molar-refractivity contribution < 1.29 is 14.3 Å². The molecule has 124 valence electrons. The highest BCUT2D eigenvalue weighted by atomic mass is 35.5. The van der Waals surface area contributed by atoms with Crippen molar-refractivity contribution in [3.05, 3.63) is 82.5 Å². The Labute approximate surface area is 149 Å². The van der Waals surface area contributed by atoms with E-state index in [9.17, 15) is 9.59 Å². The van der Waals surface area contributed by atoms with Crippen molar-refractivity contribution in [2.24, 2.45) is 0 Å². The van der Waals surface area contributed by atoms with E-state index in [1.807, 2.05) is 24.3 Å². The molecule has 0 bridgehead atoms. The number of carbonyl (C=O) groups excluding carboxylic acids is 2. The number of pyridine rings is 1. The Morgan fingerprint density at radius 3 is 2.52 bits per heavy atom. The number of ether oxygens (including phenoxy) is 1. The number of methoxy groups -OCH3 is 1. The predicted octanol–water partition coefficient (Wildman–Crippen LogP) is 4.57. The molecule has 0 atom stereocenters. The molecule has 0 saturated heterocycles. The third-order valence-corrected chi connectivity index (χ3v) is 3.99. The van der Waals surface area contributed by atoms with Gasteiger partial charge in [-0.1, -0.05) is 48.0 Å². The molecule has 2 aromatic carbocycles. The van der Waals surface area contributed by atoms with Gasteiger partial charge in [0.2, 0.25) is 0 Å². The van der Waals surface area contributed by atoms with Gasteiger partial charge in [0.1, 0.15) is 5.15 Å². The van der Waals surface area contributed by atoms with E-state index in [1.165, 1.54) is 13.2 Å².